The van der Waals surface area contributed by atoms with E-state index >= 15 is 0 Å². The summed E-state index contributed by atoms with van der Waals surface area (Å²) in [6, 6.07) is 11.1. The monoisotopic (exact) mass is 531 g/mol. The molecule has 10 nitrogen and oxygen atoms in total. The van der Waals surface area contributed by atoms with Gasteiger partial charge in [0, 0.05) is 18.7 Å². The third-order valence-electron chi connectivity index (χ3n) is 6.70. The van der Waals surface area contributed by atoms with Crippen LogP contribution in [0.2, 0.25) is 0 Å². The zero-order valence-electron chi connectivity index (χ0n) is 21.3. The molecule has 4 rings (SSSR count). The fourth-order valence-electron chi connectivity index (χ4n) is 4.56. The van der Waals surface area contributed by atoms with Gasteiger partial charge in [0.25, 0.3) is 0 Å². The summed E-state index contributed by atoms with van der Waals surface area (Å²) in [5, 5.41) is 3.05. The molecular formula is C26H33N3O7S. The Hall–Kier alpha value is -3.47. The molecule has 1 atom stereocenters. The van der Waals surface area contributed by atoms with Crippen LogP contribution in [-0.4, -0.2) is 63.9 Å². The van der Waals surface area contributed by atoms with Gasteiger partial charge in [-0.3, -0.25) is 13.9 Å². The van der Waals surface area contributed by atoms with Crippen molar-refractivity contribution in [3.63, 3.8) is 0 Å². The number of amides is 2. The van der Waals surface area contributed by atoms with E-state index in [1.165, 1.54) is 11.0 Å². The van der Waals surface area contributed by atoms with Gasteiger partial charge >= 0.3 is 0 Å². The minimum atomic E-state index is -3.84. The lowest BCUT2D eigenvalue weighted by Gasteiger charge is -2.32. The van der Waals surface area contributed by atoms with Crippen LogP contribution in [0.1, 0.15) is 38.2 Å². The standard InChI is InChI=1S/C26H33N3O7S/c1-18(26(31)27-20-6-4-5-7-20)28(15-19-8-11-22(34-2)12-9-19)25(30)16-29(37(3,32)33)21-10-13-23-24(14-21)36-17-35-23/h8-14,18,20H,4-7,15-17H2,1-3H3,(H,27,31). The van der Waals surface area contributed by atoms with Gasteiger partial charge in [0.1, 0.15) is 18.3 Å². The molecule has 1 saturated carbocycles. The van der Waals surface area contributed by atoms with Gasteiger partial charge in [-0.25, -0.2) is 8.42 Å². The third kappa shape index (κ3) is 6.46. The second-order valence-electron chi connectivity index (χ2n) is 9.34. The van der Waals surface area contributed by atoms with Crippen molar-refractivity contribution in [2.75, 3.05) is 31.0 Å². The lowest BCUT2D eigenvalue weighted by atomic mass is 10.1. The number of ether oxygens (including phenoxy) is 3. The highest BCUT2D eigenvalue weighted by Gasteiger charge is 2.32. The molecule has 2 aliphatic rings. The fraction of sp³-hybridized carbons (Fsp3) is 0.462. The molecule has 2 aromatic carbocycles. The predicted molar refractivity (Wildman–Crippen MR) is 138 cm³/mol. The number of nitrogens with one attached hydrogen (secondary N) is 1. The maximum Gasteiger partial charge on any atom is 0.244 e. The average Bonchev–Trinajstić information content (AvgIpc) is 3.56. The van der Waals surface area contributed by atoms with E-state index in [0.717, 1.165) is 41.8 Å². The Bertz CT molecular complexity index is 1230. The summed E-state index contributed by atoms with van der Waals surface area (Å²) < 4.78 is 42.4. The van der Waals surface area contributed by atoms with Gasteiger partial charge in [-0.2, -0.15) is 0 Å². The third-order valence-corrected chi connectivity index (χ3v) is 7.84. The molecule has 1 unspecified atom stereocenters. The van der Waals surface area contributed by atoms with E-state index in [0.29, 0.717) is 17.2 Å². The molecule has 1 aliphatic carbocycles. The molecule has 1 heterocycles. The van der Waals surface area contributed by atoms with Crippen LogP contribution in [0.4, 0.5) is 5.69 Å². The normalized spacial score (nSPS) is 15.8. The summed E-state index contributed by atoms with van der Waals surface area (Å²) in [7, 11) is -2.27. The van der Waals surface area contributed by atoms with E-state index in [4.69, 9.17) is 14.2 Å². The van der Waals surface area contributed by atoms with Gasteiger partial charge in [0.05, 0.1) is 19.1 Å². The summed E-state index contributed by atoms with van der Waals surface area (Å²) in [6.45, 7) is 1.35. The SMILES string of the molecule is COc1ccc(CN(C(=O)CN(c2ccc3c(c2)OCO3)S(C)(=O)=O)C(C)C(=O)NC2CCCC2)cc1. The highest BCUT2D eigenvalue weighted by atomic mass is 32.2. The average molecular weight is 532 g/mol. The highest BCUT2D eigenvalue weighted by Crippen LogP contribution is 2.36. The summed E-state index contributed by atoms with van der Waals surface area (Å²) in [4.78, 5) is 28.2. The van der Waals surface area contributed by atoms with Crippen molar-refractivity contribution in [1.82, 2.24) is 10.2 Å². The first-order valence-corrected chi connectivity index (χ1v) is 14.1. The molecule has 11 heteroatoms. The molecule has 0 aromatic heterocycles. The molecule has 1 aliphatic heterocycles. The molecule has 37 heavy (non-hydrogen) atoms. The Morgan fingerprint density at radius 2 is 1.76 bits per heavy atom. The number of carbonyl (C=O) groups is 2. The lowest BCUT2D eigenvalue weighted by molar-refractivity contribution is -0.139. The Morgan fingerprint density at radius 3 is 2.41 bits per heavy atom. The minimum absolute atomic E-state index is 0.0415. The Labute approximate surface area is 217 Å². The maximum absolute atomic E-state index is 13.7. The highest BCUT2D eigenvalue weighted by molar-refractivity contribution is 7.92. The molecule has 2 aromatic rings. The molecule has 0 saturated heterocycles. The number of hydrogen-bond donors (Lipinski definition) is 1. The van der Waals surface area contributed by atoms with Crippen LogP contribution >= 0.6 is 0 Å². The largest absolute Gasteiger partial charge is 0.497 e. The van der Waals surface area contributed by atoms with Crippen molar-refractivity contribution >= 4 is 27.5 Å². The molecule has 1 fully saturated rings. The first-order chi connectivity index (χ1) is 17.7. The van der Waals surface area contributed by atoms with Crippen LogP contribution in [0, 0.1) is 0 Å². The minimum Gasteiger partial charge on any atom is -0.497 e. The van der Waals surface area contributed by atoms with Crippen LogP contribution in [0.15, 0.2) is 42.5 Å². The molecule has 0 spiro atoms. The van der Waals surface area contributed by atoms with E-state index in [2.05, 4.69) is 5.32 Å². The number of rotatable bonds is 10. The van der Waals surface area contributed by atoms with Crippen molar-refractivity contribution < 1.29 is 32.2 Å². The van der Waals surface area contributed by atoms with Crippen LogP contribution in [0.3, 0.4) is 0 Å². The van der Waals surface area contributed by atoms with Crippen molar-refractivity contribution in [2.24, 2.45) is 0 Å². The van der Waals surface area contributed by atoms with Gasteiger partial charge in [-0.05, 0) is 49.6 Å². The van der Waals surface area contributed by atoms with Crippen molar-refractivity contribution in [3.05, 3.63) is 48.0 Å². The van der Waals surface area contributed by atoms with Gasteiger partial charge in [-0.15, -0.1) is 0 Å². The number of anilines is 1. The quantitative estimate of drug-likeness (QED) is 0.501. The summed E-state index contributed by atoms with van der Waals surface area (Å²) >= 11 is 0. The van der Waals surface area contributed by atoms with E-state index in [9.17, 15) is 18.0 Å². The van der Waals surface area contributed by atoms with Crippen LogP contribution in [-0.2, 0) is 26.2 Å². The zero-order valence-corrected chi connectivity index (χ0v) is 22.1. The first-order valence-electron chi connectivity index (χ1n) is 12.3. The van der Waals surface area contributed by atoms with Crippen LogP contribution in [0.25, 0.3) is 0 Å². The summed E-state index contributed by atoms with van der Waals surface area (Å²) in [5.41, 5.74) is 1.05. The molecule has 2 amide bonds. The number of methoxy groups -OCH3 is 1. The van der Waals surface area contributed by atoms with Gasteiger partial charge < -0.3 is 24.4 Å². The number of hydrogen-bond acceptors (Lipinski definition) is 7. The van der Waals surface area contributed by atoms with Gasteiger partial charge in [0.15, 0.2) is 11.5 Å². The number of fused-ring (bicyclic) bond motifs is 1. The smallest absolute Gasteiger partial charge is 0.244 e. The van der Waals surface area contributed by atoms with E-state index in [-0.39, 0.29) is 31.0 Å². The molecule has 200 valence electrons. The van der Waals surface area contributed by atoms with E-state index in [1.54, 1.807) is 38.3 Å². The molecular weight excluding hydrogens is 498 g/mol. The van der Waals surface area contributed by atoms with Crippen LogP contribution < -0.4 is 23.8 Å². The zero-order chi connectivity index (χ0) is 26.6. The van der Waals surface area contributed by atoms with Crippen molar-refractivity contribution in [1.29, 1.82) is 0 Å². The Morgan fingerprint density at radius 1 is 1.08 bits per heavy atom. The molecule has 0 bridgehead atoms. The number of benzene rings is 2. The number of nitrogens with zero attached hydrogens (tertiary/aromatic N) is 2. The number of sulfonamides is 1. The van der Waals surface area contributed by atoms with Crippen LogP contribution in [0.5, 0.6) is 17.2 Å². The molecule has 1 N–H and O–H groups in total. The Kier molecular flexibility index (Phi) is 8.11. The topological polar surface area (TPSA) is 114 Å². The summed E-state index contributed by atoms with van der Waals surface area (Å²) in [5.74, 6) is 0.801. The molecule has 0 radical (unpaired) electrons. The summed E-state index contributed by atoms with van der Waals surface area (Å²) in [6.07, 6.45) is 4.99. The fourth-order valence-corrected chi connectivity index (χ4v) is 5.40. The van der Waals surface area contributed by atoms with Crippen molar-refractivity contribution in [3.8, 4) is 17.2 Å². The maximum atomic E-state index is 13.7. The Balaban J connectivity index is 1.59. The van der Waals surface area contributed by atoms with Gasteiger partial charge in [0.2, 0.25) is 28.6 Å². The second kappa shape index (κ2) is 11.3. The predicted octanol–water partition coefficient (Wildman–Crippen LogP) is 2.67. The van der Waals surface area contributed by atoms with E-state index < -0.39 is 28.5 Å². The van der Waals surface area contributed by atoms with Gasteiger partial charge in [-0.1, -0.05) is 25.0 Å². The van der Waals surface area contributed by atoms with Crippen molar-refractivity contribution in [2.45, 2.75) is 51.2 Å². The lowest BCUT2D eigenvalue weighted by Crippen LogP contribution is -2.52. The second-order valence-corrected chi connectivity index (χ2v) is 11.2. The first kappa shape index (κ1) is 26.6. The van der Waals surface area contributed by atoms with E-state index in [1.807, 2.05) is 12.1 Å². The number of carbonyl (C=O) groups excluding carboxylic acids is 2.